The number of aliphatic hydroxyl groups is 1. The van der Waals surface area contributed by atoms with E-state index in [4.69, 9.17) is 0 Å². The predicted octanol–water partition coefficient (Wildman–Crippen LogP) is 1.75. The van der Waals surface area contributed by atoms with Gasteiger partial charge >= 0.3 is 6.03 Å². The maximum Gasteiger partial charge on any atom is 0.315 e. The molecular formula is C17H21FN4O2. The van der Waals surface area contributed by atoms with Crippen molar-refractivity contribution in [2.75, 3.05) is 6.54 Å². The number of carbonyl (C=O) groups excluding carboxylic acids is 1. The van der Waals surface area contributed by atoms with Gasteiger partial charge in [0.25, 0.3) is 0 Å². The van der Waals surface area contributed by atoms with Crippen LogP contribution in [0.2, 0.25) is 0 Å². The van der Waals surface area contributed by atoms with Gasteiger partial charge in [0, 0.05) is 18.8 Å². The number of benzene rings is 1. The van der Waals surface area contributed by atoms with Crippen LogP contribution in [0.4, 0.5) is 9.18 Å². The van der Waals surface area contributed by atoms with Crippen LogP contribution in [0.5, 0.6) is 0 Å². The average Bonchev–Trinajstić information content (AvgIpc) is 3.13. The second-order valence-corrected chi connectivity index (χ2v) is 6.44. The minimum atomic E-state index is -1.22. The highest BCUT2D eigenvalue weighted by molar-refractivity contribution is 5.74. The van der Waals surface area contributed by atoms with Gasteiger partial charge in [-0.15, -0.1) is 0 Å². The number of rotatable bonds is 4. The smallest absolute Gasteiger partial charge is 0.315 e. The van der Waals surface area contributed by atoms with E-state index in [1.165, 1.54) is 12.1 Å². The maximum absolute atomic E-state index is 13.4. The zero-order valence-electron chi connectivity index (χ0n) is 13.7. The molecule has 24 heavy (non-hydrogen) atoms. The van der Waals surface area contributed by atoms with Gasteiger partial charge in [0.05, 0.1) is 18.8 Å². The summed E-state index contributed by atoms with van der Waals surface area (Å²) in [7, 11) is 1.76. The number of halogens is 1. The van der Waals surface area contributed by atoms with E-state index in [0.717, 1.165) is 24.0 Å². The first-order chi connectivity index (χ1) is 11.3. The summed E-state index contributed by atoms with van der Waals surface area (Å²) in [5, 5.41) is 20.0. The van der Waals surface area contributed by atoms with Crippen molar-refractivity contribution in [3.8, 4) is 0 Å². The van der Waals surface area contributed by atoms with Crippen LogP contribution in [0, 0.1) is 5.82 Å². The third-order valence-corrected chi connectivity index (χ3v) is 4.41. The molecule has 2 aromatic rings. The average molecular weight is 332 g/mol. The summed E-state index contributed by atoms with van der Waals surface area (Å²) in [5.41, 5.74) is 1.29. The van der Waals surface area contributed by atoms with Crippen LogP contribution in [-0.4, -0.2) is 27.5 Å². The van der Waals surface area contributed by atoms with Crippen LogP contribution in [-0.2, 0) is 19.1 Å². The maximum atomic E-state index is 13.4. The van der Waals surface area contributed by atoms with Crippen LogP contribution in [0.25, 0.3) is 0 Å². The Hall–Kier alpha value is -2.41. The molecule has 1 aromatic heterocycles. The molecule has 1 aliphatic carbocycles. The minimum absolute atomic E-state index is 0.0489. The summed E-state index contributed by atoms with van der Waals surface area (Å²) in [6.45, 7) is 1.66. The monoisotopic (exact) mass is 332 g/mol. The van der Waals surface area contributed by atoms with Crippen molar-refractivity contribution in [1.82, 2.24) is 20.4 Å². The molecule has 7 heteroatoms. The Morgan fingerprint density at radius 1 is 1.54 bits per heavy atom. The standard InChI is InChI=1S/C17H21FN4O2/c1-17(24,12-8-20-22(2)9-12)10-19-16(23)21-15-6-4-11-3-5-13(18)7-14(11)15/h3,5,7-9,15,24H,4,6,10H2,1-2H3,(H2,19,21,23)/t15-,17-/m1/s1. The van der Waals surface area contributed by atoms with Gasteiger partial charge in [-0.3, -0.25) is 4.68 Å². The Labute approximate surface area is 139 Å². The fourth-order valence-corrected chi connectivity index (χ4v) is 2.99. The lowest BCUT2D eigenvalue weighted by Gasteiger charge is -2.23. The molecule has 2 atom stereocenters. The van der Waals surface area contributed by atoms with Crippen molar-refractivity contribution in [3.63, 3.8) is 0 Å². The number of nitrogens with zero attached hydrogens (tertiary/aromatic N) is 2. The fraction of sp³-hybridized carbons (Fsp3) is 0.412. The third-order valence-electron chi connectivity index (χ3n) is 4.41. The number of fused-ring (bicyclic) bond motifs is 1. The number of amides is 2. The van der Waals surface area contributed by atoms with Crippen molar-refractivity contribution in [1.29, 1.82) is 0 Å². The first-order valence-corrected chi connectivity index (χ1v) is 7.89. The number of hydrogen-bond acceptors (Lipinski definition) is 3. The van der Waals surface area contributed by atoms with Gasteiger partial charge < -0.3 is 15.7 Å². The number of urea groups is 1. The topological polar surface area (TPSA) is 79.2 Å². The Balaban J connectivity index is 1.58. The van der Waals surface area contributed by atoms with Gasteiger partial charge in [-0.25, -0.2) is 9.18 Å². The molecule has 0 saturated carbocycles. The number of aromatic nitrogens is 2. The van der Waals surface area contributed by atoms with E-state index in [1.54, 1.807) is 37.1 Å². The van der Waals surface area contributed by atoms with Crippen LogP contribution in [0.3, 0.4) is 0 Å². The Bertz CT molecular complexity index is 757. The quantitative estimate of drug-likeness (QED) is 0.798. The molecular weight excluding hydrogens is 311 g/mol. The van der Waals surface area contributed by atoms with E-state index in [-0.39, 0.29) is 24.4 Å². The van der Waals surface area contributed by atoms with Crippen molar-refractivity contribution >= 4 is 6.03 Å². The lowest BCUT2D eigenvalue weighted by molar-refractivity contribution is 0.0592. The Morgan fingerprint density at radius 2 is 2.33 bits per heavy atom. The highest BCUT2D eigenvalue weighted by Gasteiger charge is 2.27. The number of aryl methyl sites for hydroxylation is 2. The van der Waals surface area contributed by atoms with Gasteiger partial charge in [0.1, 0.15) is 11.4 Å². The molecule has 3 N–H and O–H groups in total. The lowest BCUT2D eigenvalue weighted by atomic mass is 10.00. The highest BCUT2D eigenvalue weighted by Crippen LogP contribution is 2.31. The SMILES string of the molecule is Cn1cc([C@](C)(O)CNC(=O)N[C@@H]2CCc3ccc(F)cc32)cn1. The van der Waals surface area contributed by atoms with E-state index >= 15 is 0 Å². The minimum Gasteiger partial charge on any atom is -0.383 e. The third kappa shape index (κ3) is 3.41. The summed E-state index contributed by atoms with van der Waals surface area (Å²) in [6, 6.07) is 4.07. The second-order valence-electron chi connectivity index (χ2n) is 6.44. The van der Waals surface area contributed by atoms with Gasteiger partial charge in [0.15, 0.2) is 0 Å². The first kappa shape index (κ1) is 16.4. The first-order valence-electron chi connectivity index (χ1n) is 7.89. The van der Waals surface area contributed by atoms with Crippen LogP contribution in [0.15, 0.2) is 30.6 Å². The van der Waals surface area contributed by atoms with Crippen LogP contribution in [0.1, 0.15) is 36.1 Å². The van der Waals surface area contributed by atoms with Crippen molar-refractivity contribution < 1.29 is 14.3 Å². The summed E-state index contributed by atoms with van der Waals surface area (Å²) >= 11 is 0. The number of hydrogen-bond donors (Lipinski definition) is 3. The molecule has 3 rings (SSSR count). The van der Waals surface area contributed by atoms with Crippen molar-refractivity contribution in [3.05, 3.63) is 53.1 Å². The van der Waals surface area contributed by atoms with E-state index in [0.29, 0.717) is 5.56 Å². The van der Waals surface area contributed by atoms with E-state index in [2.05, 4.69) is 15.7 Å². The van der Waals surface area contributed by atoms with Crippen LogP contribution >= 0.6 is 0 Å². The summed E-state index contributed by atoms with van der Waals surface area (Å²) in [6.07, 6.45) is 4.82. The molecule has 6 nitrogen and oxygen atoms in total. The fourth-order valence-electron chi connectivity index (χ4n) is 2.99. The molecule has 0 spiro atoms. The largest absolute Gasteiger partial charge is 0.383 e. The molecule has 0 radical (unpaired) electrons. The number of carbonyl (C=O) groups is 1. The molecule has 1 aromatic carbocycles. The molecule has 1 heterocycles. The Morgan fingerprint density at radius 3 is 3.04 bits per heavy atom. The molecule has 0 fully saturated rings. The molecule has 0 saturated heterocycles. The van der Waals surface area contributed by atoms with Gasteiger partial charge in [-0.2, -0.15) is 5.10 Å². The molecule has 0 unspecified atom stereocenters. The Kier molecular flexibility index (Phi) is 4.28. The van der Waals surface area contributed by atoms with Gasteiger partial charge in [-0.1, -0.05) is 6.07 Å². The zero-order chi connectivity index (χ0) is 17.3. The summed E-state index contributed by atoms with van der Waals surface area (Å²) in [5.74, 6) is -0.303. The van der Waals surface area contributed by atoms with E-state index in [1.807, 2.05) is 0 Å². The van der Waals surface area contributed by atoms with Gasteiger partial charge in [-0.05, 0) is 43.0 Å². The number of nitrogens with one attached hydrogen (secondary N) is 2. The zero-order valence-corrected chi connectivity index (χ0v) is 13.7. The molecule has 128 valence electrons. The summed E-state index contributed by atoms with van der Waals surface area (Å²) in [4.78, 5) is 12.1. The van der Waals surface area contributed by atoms with E-state index in [9.17, 15) is 14.3 Å². The molecule has 1 aliphatic rings. The van der Waals surface area contributed by atoms with Crippen LogP contribution < -0.4 is 10.6 Å². The van der Waals surface area contributed by atoms with Crippen molar-refractivity contribution in [2.24, 2.45) is 7.05 Å². The van der Waals surface area contributed by atoms with Gasteiger partial charge in [0.2, 0.25) is 0 Å². The normalized spacial score (nSPS) is 18.8. The molecule has 2 amide bonds. The summed E-state index contributed by atoms with van der Waals surface area (Å²) < 4.78 is 15.0. The molecule has 0 aliphatic heterocycles. The predicted molar refractivity (Wildman–Crippen MR) is 86.8 cm³/mol. The lowest BCUT2D eigenvalue weighted by Crippen LogP contribution is -2.44. The second kappa shape index (κ2) is 6.24. The highest BCUT2D eigenvalue weighted by atomic mass is 19.1. The van der Waals surface area contributed by atoms with E-state index < -0.39 is 5.60 Å². The van der Waals surface area contributed by atoms with Crippen molar-refractivity contribution in [2.45, 2.75) is 31.4 Å². The molecule has 0 bridgehead atoms.